The molecule has 0 aliphatic carbocycles. The van der Waals surface area contributed by atoms with E-state index in [1.807, 2.05) is 11.8 Å². The average Bonchev–Trinajstić information content (AvgIpc) is 3.04. The second-order valence-electron chi connectivity index (χ2n) is 6.27. The van der Waals surface area contributed by atoms with Gasteiger partial charge in [0.1, 0.15) is 5.82 Å². The number of hydrogen-bond acceptors (Lipinski definition) is 4. The topological polar surface area (TPSA) is 46.3 Å². The Morgan fingerprint density at radius 3 is 2.67 bits per heavy atom. The standard InChI is InChI=1S/C18H21FN2O2S/c1-12-7-9-21(10-8-12)17(22)13(2)24-18-20-11-16(23-18)14-3-5-15(19)6-4-14/h3-6,11-13H,7-10H2,1-2H3. The lowest BCUT2D eigenvalue weighted by Gasteiger charge is -2.31. The molecule has 1 saturated heterocycles. The molecule has 0 bridgehead atoms. The van der Waals surface area contributed by atoms with E-state index >= 15 is 0 Å². The number of carbonyl (C=O) groups excluding carboxylic acids is 1. The van der Waals surface area contributed by atoms with Crippen LogP contribution in [0.25, 0.3) is 11.3 Å². The zero-order chi connectivity index (χ0) is 17.1. The van der Waals surface area contributed by atoms with Gasteiger partial charge < -0.3 is 9.32 Å². The lowest BCUT2D eigenvalue weighted by atomic mass is 9.99. The fraction of sp³-hybridized carbons (Fsp3) is 0.444. The third-order valence-electron chi connectivity index (χ3n) is 4.33. The highest BCUT2D eigenvalue weighted by atomic mass is 32.2. The van der Waals surface area contributed by atoms with Crippen LogP contribution in [-0.2, 0) is 4.79 Å². The summed E-state index contributed by atoms with van der Waals surface area (Å²) in [5.74, 6) is 1.11. The molecule has 1 fully saturated rings. The molecule has 1 amide bonds. The third kappa shape index (κ3) is 3.98. The number of halogens is 1. The van der Waals surface area contributed by atoms with E-state index in [-0.39, 0.29) is 17.0 Å². The van der Waals surface area contributed by atoms with Crippen molar-refractivity contribution in [2.45, 2.75) is 37.2 Å². The molecule has 1 aliphatic rings. The fourth-order valence-corrected chi connectivity index (χ4v) is 3.55. The van der Waals surface area contributed by atoms with E-state index in [2.05, 4.69) is 11.9 Å². The Labute approximate surface area is 145 Å². The first-order chi connectivity index (χ1) is 11.5. The summed E-state index contributed by atoms with van der Waals surface area (Å²) in [6, 6.07) is 6.06. The summed E-state index contributed by atoms with van der Waals surface area (Å²) in [5.41, 5.74) is 0.764. The lowest BCUT2D eigenvalue weighted by molar-refractivity contribution is -0.131. The van der Waals surface area contributed by atoms with Crippen LogP contribution in [0.2, 0.25) is 0 Å². The maximum Gasteiger partial charge on any atom is 0.256 e. The predicted octanol–water partition coefficient (Wildman–Crippen LogP) is 4.22. The van der Waals surface area contributed by atoms with Gasteiger partial charge in [0, 0.05) is 18.7 Å². The Kier molecular flexibility index (Phi) is 5.23. The highest BCUT2D eigenvalue weighted by molar-refractivity contribution is 8.00. The van der Waals surface area contributed by atoms with Crippen LogP contribution in [0.15, 0.2) is 40.1 Å². The molecule has 1 atom stereocenters. The molecule has 0 saturated carbocycles. The molecular formula is C18H21FN2O2S. The molecule has 1 aromatic carbocycles. The summed E-state index contributed by atoms with van der Waals surface area (Å²) in [5, 5.41) is 0.221. The van der Waals surface area contributed by atoms with Crippen LogP contribution in [0, 0.1) is 11.7 Å². The predicted molar refractivity (Wildman–Crippen MR) is 92.2 cm³/mol. The van der Waals surface area contributed by atoms with Crippen LogP contribution in [0.3, 0.4) is 0 Å². The highest BCUT2D eigenvalue weighted by Crippen LogP contribution is 2.29. The Morgan fingerprint density at radius 2 is 2.00 bits per heavy atom. The Morgan fingerprint density at radius 1 is 1.33 bits per heavy atom. The number of amides is 1. The van der Waals surface area contributed by atoms with Gasteiger partial charge in [-0.3, -0.25) is 4.79 Å². The molecule has 1 aromatic heterocycles. The smallest absolute Gasteiger partial charge is 0.256 e. The van der Waals surface area contributed by atoms with Crippen molar-refractivity contribution in [3.63, 3.8) is 0 Å². The number of likely N-dealkylation sites (tertiary alicyclic amines) is 1. The third-order valence-corrected chi connectivity index (χ3v) is 5.28. The molecule has 0 radical (unpaired) electrons. The Hall–Kier alpha value is -1.82. The quantitative estimate of drug-likeness (QED) is 0.776. The van der Waals surface area contributed by atoms with Gasteiger partial charge in [-0.25, -0.2) is 9.37 Å². The summed E-state index contributed by atoms with van der Waals surface area (Å²) >= 11 is 1.32. The van der Waals surface area contributed by atoms with Crippen molar-refractivity contribution >= 4 is 17.7 Å². The SMILES string of the molecule is CC1CCN(C(=O)C(C)Sc2ncc(-c3ccc(F)cc3)o2)CC1. The van der Waals surface area contributed by atoms with Crippen LogP contribution < -0.4 is 0 Å². The fourth-order valence-electron chi connectivity index (χ4n) is 2.75. The maximum atomic E-state index is 13.0. The molecule has 0 spiro atoms. The van der Waals surface area contributed by atoms with Gasteiger partial charge in [-0.05, 0) is 49.9 Å². The molecule has 4 nitrogen and oxygen atoms in total. The molecule has 1 aliphatic heterocycles. The number of carbonyl (C=O) groups is 1. The molecule has 2 heterocycles. The minimum absolute atomic E-state index is 0.133. The van der Waals surface area contributed by atoms with Gasteiger partial charge in [0.15, 0.2) is 5.76 Å². The van der Waals surface area contributed by atoms with E-state index in [1.165, 1.54) is 23.9 Å². The normalized spacial score (nSPS) is 17.0. The van der Waals surface area contributed by atoms with Crippen LogP contribution in [0.5, 0.6) is 0 Å². The number of aromatic nitrogens is 1. The minimum Gasteiger partial charge on any atom is -0.431 e. The van der Waals surface area contributed by atoms with Gasteiger partial charge in [-0.2, -0.15) is 0 Å². The summed E-state index contributed by atoms with van der Waals surface area (Å²) in [6.45, 7) is 5.77. The maximum absolute atomic E-state index is 13.0. The van der Waals surface area contributed by atoms with Gasteiger partial charge in [0.05, 0.1) is 11.4 Å². The van der Waals surface area contributed by atoms with E-state index < -0.39 is 0 Å². The van der Waals surface area contributed by atoms with Crippen molar-refractivity contribution in [2.75, 3.05) is 13.1 Å². The van der Waals surface area contributed by atoms with Gasteiger partial charge >= 0.3 is 0 Å². The van der Waals surface area contributed by atoms with Gasteiger partial charge in [0.25, 0.3) is 5.22 Å². The molecular weight excluding hydrogens is 327 g/mol. The zero-order valence-electron chi connectivity index (χ0n) is 13.9. The van der Waals surface area contributed by atoms with Crippen LogP contribution in [0.1, 0.15) is 26.7 Å². The van der Waals surface area contributed by atoms with E-state index in [4.69, 9.17) is 4.42 Å². The second-order valence-corrected chi connectivity index (χ2v) is 7.56. The number of thioether (sulfide) groups is 1. The molecule has 1 unspecified atom stereocenters. The summed E-state index contributed by atoms with van der Waals surface area (Å²) in [7, 11) is 0. The first-order valence-electron chi connectivity index (χ1n) is 8.20. The van der Waals surface area contributed by atoms with Crippen molar-refractivity contribution in [1.29, 1.82) is 0 Å². The van der Waals surface area contributed by atoms with Crippen molar-refractivity contribution in [2.24, 2.45) is 5.92 Å². The molecule has 2 aromatic rings. The van der Waals surface area contributed by atoms with E-state index in [9.17, 15) is 9.18 Å². The first-order valence-corrected chi connectivity index (χ1v) is 9.08. The van der Waals surface area contributed by atoms with E-state index in [0.717, 1.165) is 31.5 Å². The highest BCUT2D eigenvalue weighted by Gasteiger charge is 2.26. The van der Waals surface area contributed by atoms with Crippen LogP contribution >= 0.6 is 11.8 Å². The van der Waals surface area contributed by atoms with Gasteiger partial charge in [-0.1, -0.05) is 18.7 Å². The van der Waals surface area contributed by atoms with Crippen molar-refractivity contribution < 1.29 is 13.6 Å². The molecule has 128 valence electrons. The minimum atomic E-state index is -0.289. The van der Waals surface area contributed by atoms with E-state index in [0.29, 0.717) is 16.9 Å². The van der Waals surface area contributed by atoms with Crippen LogP contribution in [0.4, 0.5) is 4.39 Å². The monoisotopic (exact) mass is 348 g/mol. The molecule has 3 rings (SSSR count). The van der Waals surface area contributed by atoms with Crippen LogP contribution in [-0.4, -0.2) is 34.1 Å². The summed E-state index contributed by atoms with van der Waals surface area (Å²) < 4.78 is 18.7. The number of oxazole rings is 1. The van der Waals surface area contributed by atoms with Gasteiger partial charge in [-0.15, -0.1) is 0 Å². The van der Waals surface area contributed by atoms with Gasteiger partial charge in [0.2, 0.25) is 5.91 Å². The number of rotatable bonds is 4. The van der Waals surface area contributed by atoms with Crippen molar-refractivity contribution in [3.05, 3.63) is 36.3 Å². The molecule has 24 heavy (non-hydrogen) atoms. The molecule has 6 heteroatoms. The molecule has 0 N–H and O–H groups in total. The zero-order valence-corrected chi connectivity index (χ0v) is 14.7. The van der Waals surface area contributed by atoms with Crippen molar-refractivity contribution in [1.82, 2.24) is 9.88 Å². The first kappa shape index (κ1) is 17.0. The Balaban J connectivity index is 1.61. The average molecular weight is 348 g/mol. The van der Waals surface area contributed by atoms with Crippen molar-refractivity contribution in [3.8, 4) is 11.3 Å². The summed E-state index contributed by atoms with van der Waals surface area (Å²) in [4.78, 5) is 18.7. The number of benzene rings is 1. The number of piperidine rings is 1. The Bertz CT molecular complexity index is 693. The number of hydrogen-bond donors (Lipinski definition) is 0. The number of nitrogens with zero attached hydrogens (tertiary/aromatic N) is 2. The summed E-state index contributed by atoms with van der Waals surface area (Å²) in [6.07, 6.45) is 3.74. The second kappa shape index (κ2) is 7.38. The van der Waals surface area contributed by atoms with E-state index in [1.54, 1.807) is 18.3 Å². The lowest BCUT2D eigenvalue weighted by Crippen LogP contribution is -2.41. The largest absolute Gasteiger partial charge is 0.431 e.